The average molecular weight is 305 g/mol. The molecule has 7 nitrogen and oxygen atoms in total. The number of hydrogen-bond donors (Lipinski definition) is 0. The van der Waals surface area contributed by atoms with Gasteiger partial charge in [0.25, 0.3) is 0 Å². The van der Waals surface area contributed by atoms with E-state index in [9.17, 15) is 0 Å². The Labute approximate surface area is 135 Å². The monoisotopic (exact) mass is 305 g/mol. The summed E-state index contributed by atoms with van der Waals surface area (Å²) in [5.41, 5.74) is -1.68. The van der Waals surface area contributed by atoms with Crippen LogP contribution in [-0.2, 0) is 0 Å². The van der Waals surface area contributed by atoms with E-state index in [0.717, 1.165) is 0 Å². The molecule has 0 spiro atoms. The second-order valence-corrected chi connectivity index (χ2v) is 5.11. The summed E-state index contributed by atoms with van der Waals surface area (Å²) in [6.07, 6.45) is 1.50. The maximum atomic E-state index is 8.58. The molecule has 0 N–H and O–H groups in total. The molecule has 0 heterocycles. The third-order valence-corrected chi connectivity index (χ3v) is 1.36. The zero-order valence-electron chi connectivity index (χ0n) is 14.2. The van der Waals surface area contributed by atoms with E-state index >= 15 is 0 Å². The van der Waals surface area contributed by atoms with Gasteiger partial charge in [0, 0.05) is 31.6 Å². The van der Waals surface area contributed by atoms with Crippen molar-refractivity contribution >= 4 is 0 Å². The minimum atomic E-state index is -0.839. The summed E-state index contributed by atoms with van der Waals surface area (Å²) in [4.78, 5) is 0. The summed E-state index contributed by atoms with van der Waals surface area (Å²) in [6, 6.07) is 5.96. The summed E-state index contributed by atoms with van der Waals surface area (Å²) in [6.45, 7) is 16.8. The van der Waals surface area contributed by atoms with E-state index in [2.05, 4.69) is 23.7 Å². The van der Waals surface area contributed by atoms with Crippen LogP contribution in [0.2, 0.25) is 0 Å². The van der Waals surface area contributed by atoms with Gasteiger partial charge in [-0.15, -0.1) is 0 Å². The molecule has 0 unspecified atom stereocenters. The molecule has 0 radical (unpaired) electrons. The van der Waals surface area contributed by atoms with Gasteiger partial charge in [0.2, 0.25) is 0 Å². The summed E-state index contributed by atoms with van der Waals surface area (Å²) in [7, 11) is 0. The lowest BCUT2D eigenvalue weighted by Crippen LogP contribution is -2.17. The molecule has 0 saturated heterocycles. The minimum Gasteiger partial charge on any atom is -0.198 e. The Kier molecular flexibility index (Phi) is 20.2. The Morgan fingerprint density at radius 1 is 1.00 bits per heavy atom. The Morgan fingerprint density at radius 2 is 1.18 bits per heavy atom. The van der Waals surface area contributed by atoms with Crippen molar-refractivity contribution < 1.29 is 1.43 Å². The standard InChI is InChI=1S/C8H12N4.C4H7N.C3H5.N2.H2/c1-7(2,5-9)11-12-8(3,4)6-10;1-4(2)3-5;1-3-2;1-2;/h1-4H3;4H,1-2H3;3H,1-2H2;;1H/q;;+1;;/i;;;;1+1. The number of nitriles is 3. The van der Waals surface area contributed by atoms with Crippen molar-refractivity contribution in [1.29, 1.82) is 26.6 Å². The highest BCUT2D eigenvalue weighted by Gasteiger charge is 2.19. The largest absolute Gasteiger partial charge is 0.198 e. The van der Waals surface area contributed by atoms with E-state index < -0.39 is 11.1 Å². The Hall–Kier alpha value is -2.90. The van der Waals surface area contributed by atoms with Crippen molar-refractivity contribution in [2.24, 2.45) is 16.1 Å². The van der Waals surface area contributed by atoms with Gasteiger partial charge in [-0.2, -0.15) is 26.0 Å². The number of nitrogens with zero attached hydrogens (tertiary/aromatic N) is 7. The molecule has 0 aliphatic heterocycles. The molecule has 0 aromatic heterocycles. The average Bonchev–Trinajstić information content (AvgIpc) is 2.49. The molecule has 0 aliphatic carbocycles. The Balaban J connectivity index is -0.0000000822. The molecule has 0 saturated carbocycles. The van der Waals surface area contributed by atoms with Gasteiger partial charge in [0.15, 0.2) is 11.1 Å². The molecule has 22 heavy (non-hydrogen) atoms. The highest BCUT2D eigenvalue weighted by Crippen LogP contribution is 2.13. The summed E-state index contributed by atoms with van der Waals surface area (Å²) in [5, 5.41) is 44.6. The molecule has 0 aliphatic rings. The molecule has 7 heteroatoms. The Morgan fingerprint density at radius 3 is 1.27 bits per heavy atom. The number of azo groups is 1. The van der Waals surface area contributed by atoms with Gasteiger partial charge in [-0.05, 0) is 41.5 Å². The lowest BCUT2D eigenvalue weighted by Gasteiger charge is -2.11. The van der Waals surface area contributed by atoms with Crippen LogP contribution in [0.4, 0.5) is 0 Å². The molecular formula is C15H26N7+. The fourth-order valence-electron chi connectivity index (χ4n) is 0.295. The SMILES string of the molecule is C=C[CH2+].CC(C)(C#N)N=NC(C)(C)C#N.CC(C)C#N.N#N.[2HH]. The first kappa shape index (κ1) is 27.4. The van der Waals surface area contributed by atoms with Gasteiger partial charge >= 0.3 is 0 Å². The van der Waals surface area contributed by atoms with Crippen LogP contribution in [0.5, 0.6) is 0 Å². The van der Waals surface area contributed by atoms with Gasteiger partial charge < -0.3 is 0 Å². The van der Waals surface area contributed by atoms with E-state index in [1.165, 1.54) is 6.08 Å². The van der Waals surface area contributed by atoms with Gasteiger partial charge in [0.1, 0.15) is 0 Å². The van der Waals surface area contributed by atoms with Gasteiger partial charge in [-0.1, -0.05) is 0 Å². The van der Waals surface area contributed by atoms with E-state index in [1.807, 2.05) is 32.1 Å². The molecule has 120 valence electrons. The van der Waals surface area contributed by atoms with Gasteiger partial charge in [0.05, 0.1) is 24.3 Å². The summed E-state index contributed by atoms with van der Waals surface area (Å²) in [5.74, 6) is 0.190. The Bertz CT molecular complexity index is 429. The fraction of sp³-hybridized carbons (Fsp3) is 0.600. The van der Waals surface area contributed by atoms with Crippen LogP contribution in [0.25, 0.3) is 0 Å². The van der Waals surface area contributed by atoms with E-state index in [1.54, 1.807) is 27.7 Å². The van der Waals surface area contributed by atoms with E-state index in [-0.39, 0.29) is 7.34 Å². The summed E-state index contributed by atoms with van der Waals surface area (Å²) >= 11 is 0. The van der Waals surface area contributed by atoms with Crippen molar-refractivity contribution in [3.8, 4) is 18.2 Å². The van der Waals surface area contributed by atoms with Crippen molar-refractivity contribution in [2.75, 3.05) is 0 Å². The second-order valence-electron chi connectivity index (χ2n) is 5.11. The van der Waals surface area contributed by atoms with Crippen LogP contribution in [0.15, 0.2) is 22.9 Å². The third-order valence-electron chi connectivity index (χ3n) is 1.36. The molecule has 0 aromatic carbocycles. The number of allylic oxidation sites excluding steroid dienone is 1. The predicted octanol–water partition coefficient (Wildman–Crippen LogP) is 4.49. The van der Waals surface area contributed by atoms with Crippen molar-refractivity contribution in [1.82, 2.24) is 0 Å². The lowest BCUT2D eigenvalue weighted by molar-refractivity contribution is 0.541. The minimum absolute atomic E-state index is 0. The molecular weight excluding hydrogens is 278 g/mol. The smallest absolute Gasteiger partial charge is 0.162 e. The predicted molar refractivity (Wildman–Crippen MR) is 85.8 cm³/mol. The second kappa shape index (κ2) is 16.2. The first-order valence-corrected chi connectivity index (χ1v) is 6.28. The van der Waals surface area contributed by atoms with E-state index in [4.69, 9.17) is 26.6 Å². The van der Waals surface area contributed by atoms with Crippen molar-refractivity contribution in [3.63, 3.8) is 0 Å². The molecule has 0 aromatic rings. The zero-order chi connectivity index (χ0) is 18.8. The van der Waals surface area contributed by atoms with Crippen LogP contribution in [0, 0.1) is 57.6 Å². The molecule has 0 bridgehead atoms. The van der Waals surface area contributed by atoms with Crippen molar-refractivity contribution in [2.45, 2.75) is 52.6 Å². The maximum Gasteiger partial charge on any atom is 0.162 e. The van der Waals surface area contributed by atoms with Crippen molar-refractivity contribution in [3.05, 3.63) is 19.6 Å². The quantitative estimate of drug-likeness (QED) is 0.419. The molecule has 0 atom stereocenters. The van der Waals surface area contributed by atoms with Crippen LogP contribution in [0.1, 0.15) is 43.0 Å². The van der Waals surface area contributed by atoms with Crippen LogP contribution in [-0.4, -0.2) is 11.1 Å². The van der Waals surface area contributed by atoms with Crippen LogP contribution >= 0.6 is 0 Å². The normalized spacial score (nSPS) is 9.18. The number of rotatable bonds is 2. The first-order valence-electron chi connectivity index (χ1n) is 6.28. The van der Waals surface area contributed by atoms with E-state index in [0.29, 0.717) is 0 Å². The third kappa shape index (κ3) is 30.3. The molecule has 0 rings (SSSR count). The van der Waals surface area contributed by atoms with Crippen LogP contribution in [0.3, 0.4) is 0 Å². The summed E-state index contributed by atoms with van der Waals surface area (Å²) < 4.78 is 0. The molecule has 0 amide bonds. The van der Waals surface area contributed by atoms with Gasteiger partial charge in [-0.3, -0.25) is 0 Å². The molecule has 0 fully saturated rings. The maximum absolute atomic E-state index is 8.58. The number of hydrogen-bond acceptors (Lipinski definition) is 7. The first-order chi connectivity index (χ1) is 10.0. The van der Waals surface area contributed by atoms with Crippen LogP contribution < -0.4 is 0 Å². The fourth-order valence-corrected chi connectivity index (χ4v) is 0.295. The topological polar surface area (TPSA) is 144 Å². The highest BCUT2D eigenvalue weighted by molar-refractivity contribution is 5.03. The highest BCUT2D eigenvalue weighted by atomic mass is 15.2. The zero-order valence-corrected chi connectivity index (χ0v) is 14.2. The van der Waals surface area contributed by atoms with Gasteiger partial charge in [-0.25, -0.2) is 0 Å². The lowest BCUT2D eigenvalue weighted by atomic mass is 10.1.